The molecule has 5 atom stereocenters. The molecular weight excluding hydrogens is 148 g/mol. The van der Waals surface area contributed by atoms with Gasteiger partial charge in [-0.1, -0.05) is 0 Å². The van der Waals surface area contributed by atoms with E-state index in [1.54, 1.807) is 13.8 Å². The third-order valence-corrected chi connectivity index (χ3v) is 2.09. The summed E-state index contributed by atoms with van der Waals surface area (Å²) in [6.07, 6.45) is -3.89. The van der Waals surface area contributed by atoms with Gasteiger partial charge in [0.2, 0.25) is 0 Å². The molecule has 1 aliphatic rings. The number of rotatable bonds is 0. The molecule has 1 rings (SSSR count). The monoisotopic (exact) mass is 162 g/mol. The van der Waals surface area contributed by atoms with Crippen LogP contribution in [-0.4, -0.2) is 45.8 Å². The van der Waals surface area contributed by atoms with Crippen LogP contribution in [0.1, 0.15) is 13.8 Å². The number of hydrogen-bond donors (Lipinski definition) is 3. The molecule has 1 fully saturated rings. The van der Waals surface area contributed by atoms with E-state index in [1.807, 2.05) is 0 Å². The fourth-order valence-electron chi connectivity index (χ4n) is 1.26. The van der Waals surface area contributed by atoms with Gasteiger partial charge in [-0.25, -0.2) is 0 Å². The van der Waals surface area contributed by atoms with Gasteiger partial charge in [0, 0.05) is 0 Å². The third-order valence-electron chi connectivity index (χ3n) is 2.09. The number of aliphatic hydroxyl groups is 3. The van der Waals surface area contributed by atoms with Crippen LogP contribution in [0.3, 0.4) is 0 Å². The Morgan fingerprint density at radius 1 is 0.818 bits per heavy atom. The molecule has 11 heavy (non-hydrogen) atoms. The molecule has 1 heterocycles. The highest BCUT2D eigenvalue weighted by Gasteiger charge is 2.39. The number of hydrogen-bond acceptors (Lipinski definition) is 4. The molecule has 0 bridgehead atoms. The van der Waals surface area contributed by atoms with Crippen molar-refractivity contribution in [2.45, 2.75) is 44.4 Å². The van der Waals surface area contributed by atoms with Crippen molar-refractivity contribution in [1.29, 1.82) is 0 Å². The van der Waals surface area contributed by atoms with Crippen molar-refractivity contribution in [3.05, 3.63) is 0 Å². The predicted octanol–water partition coefficient (Wildman–Crippen LogP) is -1.12. The van der Waals surface area contributed by atoms with Crippen LogP contribution in [0.2, 0.25) is 0 Å². The molecule has 0 spiro atoms. The van der Waals surface area contributed by atoms with E-state index in [0.717, 1.165) is 0 Å². The molecule has 0 saturated carbocycles. The van der Waals surface area contributed by atoms with Gasteiger partial charge in [-0.2, -0.15) is 0 Å². The summed E-state index contributed by atoms with van der Waals surface area (Å²) in [5.74, 6) is 0. The van der Waals surface area contributed by atoms with E-state index < -0.39 is 30.5 Å². The molecule has 4 heteroatoms. The minimum absolute atomic E-state index is 0.414. The van der Waals surface area contributed by atoms with E-state index in [1.165, 1.54) is 0 Å². The van der Waals surface area contributed by atoms with Gasteiger partial charge < -0.3 is 20.1 Å². The molecule has 4 nitrogen and oxygen atoms in total. The van der Waals surface area contributed by atoms with E-state index in [2.05, 4.69) is 0 Å². The second-order valence-corrected chi connectivity index (χ2v) is 3.02. The third kappa shape index (κ3) is 1.54. The molecule has 66 valence electrons. The zero-order chi connectivity index (χ0) is 8.59. The molecule has 1 saturated heterocycles. The fraction of sp³-hybridized carbons (Fsp3) is 1.00. The van der Waals surface area contributed by atoms with Crippen LogP contribution in [0, 0.1) is 0 Å². The largest absolute Gasteiger partial charge is 0.388 e. The van der Waals surface area contributed by atoms with Gasteiger partial charge in [-0.3, -0.25) is 0 Å². The Morgan fingerprint density at radius 2 is 1.18 bits per heavy atom. The van der Waals surface area contributed by atoms with Gasteiger partial charge in [0.15, 0.2) is 0 Å². The Morgan fingerprint density at radius 3 is 1.55 bits per heavy atom. The summed E-state index contributed by atoms with van der Waals surface area (Å²) in [6, 6.07) is 0. The van der Waals surface area contributed by atoms with Crippen LogP contribution in [0.25, 0.3) is 0 Å². The van der Waals surface area contributed by atoms with Crippen molar-refractivity contribution in [1.82, 2.24) is 0 Å². The summed E-state index contributed by atoms with van der Waals surface area (Å²) >= 11 is 0. The Bertz CT molecular complexity index is 124. The van der Waals surface area contributed by atoms with Crippen LogP contribution in [0.15, 0.2) is 0 Å². The molecule has 0 aromatic heterocycles. The van der Waals surface area contributed by atoms with E-state index in [9.17, 15) is 15.3 Å². The van der Waals surface area contributed by atoms with E-state index in [0.29, 0.717) is 0 Å². The highest BCUT2D eigenvalue weighted by molar-refractivity contribution is 4.88. The lowest BCUT2D eigenvalue weighted by Gasteiger charge is -2.37. The van der Waals surface area contributed by atoms with Crippen molar-refractivity contribution in [3.63, 3.8) is 0 Å². The van der Waals surface area contributed by atoms with Crippen molar-refractivity contribution in [2.24, 2.45) is 0 Å². The van der Waals surface area contributed by atoms with Crippen LogP contribution in [-0.2, 0) is 4.74 Å². The Balaban J connectivity index is 2.63. The molecule has 0 aromatic carbocycles. The summed E-state index contributed by atoms with van der Waals surface area (Å²) in [5, 5.41) is 27.6. The minimum Gasteiger partial charge on any atom is -0.388 e. The molecule has 0 aromatic rings. The van der Waals surface area contributed by atoms with Crippen LogP contribution in [0.4, 0.5) is 0 Å². The summed E-state index contributed by atoms with van der Waals surface area (Å²) in [6.45, 7) is 3.33. The SMILES string of the molecule is CC1O[C@H](C)[C@@H](O)[C@H](O)[C@H]1O. The Hall–Kier alpha value is -0.160. The zero-order valence-corrected chi connectivity index (χ0v) is 6.64. The molecular formula is C7H14O4. The summed E-state index contributed by atoms with van der Waals surface area (Å²) in [5.41, 5.74) is 0. The van der Waals surface area contributed by atoms with Gasteiger partial charge in [-0.15, -0.1) is 0 Å². The van der Waals surface area contributed by atoms with Gasteiger partial charge in [0.1, 0.15) is 18.3 Å². The van der Waals surface area contributed by atoms with Gasteiger partial charge in [0.25, 0.3) is 0 Å². The van der Waals surface area contributed by atoms with E-state index in [-0.39, 0.29) is 0 Å². The van der Waals surface area contributed by atoms with Crippen molar-refractivity contribution in [3.8, 4) is 0 Å². The molecule has 0 aliphatic carbocycles. The Labute approximate surface area is 65.4 Å². The molecule has 0 radical (unpaired) electrons. The first-order chi connectivity index (χ1) is 5.04. The fourth-order valence-corrected chi connectivity index (χ4v) is 1.26. The van der Waals surface area contributed by atoms with Gasteiger partial charge in [-0.05, 0) is 13.8 Å². The molecule has 1 unspecified atom stereocenters. The smallest absolute Gasteiger partial charge is 0.111 e. The lowest BCUT2D eigenvalue weighted by atomic mass is 9.97. The number of ether oxygens (including phenoxy) is 1. The quantitative estimate of drug-likeness (QED) is 0.422. The summed E-state index contributed by atoms with van der Waals surface area (Å²) < 4.78 is 5.12. The highest BCUT2D eigenvalue weighted by Crippen LogP contribution is 2.19. The Kier molecular flexibility index (Phi) is 2.49. The summed E-state index contributed by atoms with van der Waals surface area (Å²) in [4.78, 5) is 0. The standard InChI is InChI=1S/C7H14O4/c1-3-5(8)7(10)6(9)4(2)11-3/h3-10H,1-2H3/t3-,4?,5-,6+,7+/m1/s1. The first kappa shape index (κ1) is 8.93. The zero-order valence-electron chi connectivity index (χ0n) is 6.64. The lowest BCUT2D eigenvalue weighted by molar-refractivity contribution is -0.211. The average Bonchev–Trinajstić information content (AvgIpc) is 1.97. The summed E-state index contributed by atoms with van der Waals surface area (Å²) in [7, 11) is 0. The lowest BCUT2D eigenvalue weighted by Crippen LogP contribution is -2.55. The first-order valence-corrected chi connectivity index (χ1v) is 3.73. The van der Waals surface area contributed by atoms with Gasteiger partial charge in [0.05, 0.1) is 12.2 Å². The normalized spacial score (nSPS) is 52.6. The first-order valence-electron chi connectivity index (χ1n) is 3.73. The van der Waals surface area contributed by atoms with Crippen molar-refractivity contribution < 1.29 is 20.1 Å². The van der Waals surface area contributed by atoms with Crippen molar-refractivity contribution >= 4 is 0 Å². The minimum atomic E-state index is -1.09. The maximum atomic E-state index is 9.21. The van der Waals surface area contributed by atoms with E-state index in [4.69, 9.17) is 4.74 Å². The van der Waals surface area contributed by atoms with Crippen molar-refractivity contribution in [2.75, 3.05) is 0 Å². The van der Waals surface area contributed by atoms with Crippen LogP contribution < -0.4 is 0 Å². The average molecular weight is 162 g/mol. The van der Waals surface area contributed by atoms with Gasteiger partial charge >= 0.3 is 0 Å². The maximum absolute atomic E-state index is 9.21. The van der Waals surface area contributed by atoms with Crippen LogP contribution in [0.5, 0.6) is 0 Å². The van der Waals surface area contributed by atoms with Crippen LogP contribution >= 0.6 is 0 Å². The predicted molar refractivity (Wildman–Crippen MR) is 38.0 cm³/mol. The molecule has 0 amide bonds. The second-order valence-electron chi connectivity index (χ2n) is 3.02. The molecule has 3 N–H and O–H groups in total. The highest BCUT2D eigenvalue weighted by atomic mass is 16.5. The topological polar surface area (TPSA) is 69.9 Å². The second kappa shape index (κ2) is 3.06. The number of aliphatic hydroxyl groups excluding tert-OH is 3. The van der Waals surface area contributed by atoms with E-state index >= 15 is 0 Å². The molecule has 1 aliphatic heterocycles. The maximum Gasteiger partial charge on any atom is 0.111 e.